The van der Waals surface area contributed by atoms with E-state index in [1.807, 2.05) is 55.4 Å². The summed E-state index contributed by atoms with van der Waals surface area (Å²) in [4.78, 5) is 14.9. The van der Waals surface area contributed by atoms with E-state index in [1.165, 1.54) is 25.7 Å². The Kier molecular flexibility index (Phi) is 6.59. The van der Waals surface area contributed by atoms with Gasteiger partial charge in [-0.25, -0.2) is 4.79 Å². The van der Waals surface area contributed by atoms with E-state index in [9.17, 15) is 9.90 Å². The molecule has 3 aromatic rings. The van der Waals surface area contributed by atoms with Crippen LogP contribution in [0.25, 0.3) is 11.0 Å². The van der Waals surface area contributed by atoms with E-state index in [0.717, 1.165) is 42.5 Å². The molecule has 0 atom stereocenters. The van der Waals surface area contributed by atoms with E-state index in [2.05, 4.69) is 6.92 Å². The summed E-state index contributed by atoms with van der Waals surface area (Å²) >= 11 is 0. The van der Waals surface area contributed by atoms with Gasteiger partial charge in [0.05, 0.1) is 5.39 Å². The zero-order valence-corrected chi connectivity index (χ0v) is 19.6. The Bertz CT molecular complexity index is 1120. The second kappa shape index (κ2) is 9.40. The zero-order valence-electron chi connectivity index (χ0n) is 19.6. The molecule has 0 bridgehead atoms. The molecule has 1 aliphatic carbocycles. The molecule has 1 heterocycles. The SMILES string of the molecule is CCCCC1(c2cc(O)c3cc(Cc4ccc(N(C)C)cc4)c(=O)oc3c2)CCCCC1. The summed E-state index contributed by atoms with van der Waals surface area (Å²) in [7, 11) is 4.01. The van der Waals surface area contributed by atoms with Crippen LogP contribution in [-0.4, -0.2) is 19.2 Å². The molecule has 0 aliphatic heterocycles. The number of hydrogen-bond acceptors (Lipinski definition) is 4. The van der Waals surface area contributed by atoms with Crippen LogP contribution in [0, 0.1) is 0 Å². The highest BCUT2D eigenvalue weighted by molar-refractivity contribution is 5.84. The summed E-state index contributed by atoms with van der Waals surface area (Å²) in [6.07, 6.45) is 9.95. The molecule has 0 unspecified atom stereocenters. The van der Waals surface area contributed by atoms with Crippen molar-refractivity contribution >= 4 is 16.7 Å². The number of nitrogens with zero attached hydrogens (tertiary/aromatic N) is 1. The van der Waals surface area contributed by atoms with Crippen molar-refractivity contribution in [1.29, 1.82) is 0 Å². The maximum Gasteiger partial charge on any atom is 0.339 e. The quantitative estimate of drug-likeness (QED) is 0.429. The summed E-state index contributed by atoms with van der Waals surface area (Å²) in [6, 6.07) is 13.9. The molecule has 0 amide bonds. The molecule has 1 aliphatic rings. The first-order valence-electron chi connectivity index (χ1n) is 12.0. The van der Waals surface area contributed by atoms with Crippen LogP contribution < -0.4 is 10.5 Å². The van der Waals surface area contributed by atoms with Crippen molar-refractivity contribution in [1.82, 2.24) is 0 Å². The van der Waals surface area contributed by atoms with Gasteiger partial charge in [0.25, 0.3) is 0 Å². The highest BCUT2D eigenvalue weighted by Gasteiger charge is 2.34. The van der Waals surface area contributed by atoms with Gasteiger partial charge in [-0.2, -0.15) is 0 Å². The normalized spacial score (nSPS) is 15.7. The second-order valence-corrected chi connectivity index (χ2v) is 9.65. The van der Waals surface area contributed by atoms with Crippen molar-refractivity contribution in [3.63, 3.8) is 0 Å². The standard InChI is InChI=1S/C28H35NO3/c1-4-5-13-28(14-7-6-8-15-28)22-18-25(30)24-17-21(27(31)32-26(24)19-22)16-20-9-11-23(12-10-20)29(2)3/h9-12,17-19,30H,4-8,13-16H2,1-3H3. The Labute approximate surface area is 190 Å². The van der Waals surface area contributed by atoms with Gasteiger partial charge in [0.2, 0.25) is 0 Å². The Morgan fingerprint density at radius 2 is 1.75 bits per heavy atom. The van der Waals surface area contributed by atoms with Crippen molar-refractivity contribution in [2.24, 2.45) is 0 Å². The molecular formula is C28H35NO3. The zero-order chi connectivity index (χ0) is 22.7. The first-order chi connectivity index (χ1) is 15.4. The van der Waals surface area contributed by atoms with Crippen LogP contribution in [0.15, 0.2) is 51.7 Å². The Hall–Kier alpha value is -2.75. The van der Waals surface area contributed by atoms with E-state index in [-0.39, 0.29) is 16.8 Å². The van der Waals surface area contributed by atoms with Gasteiger partial charge in [-0.3, -0.25) is 0 Å². The minimum Gasteiger partial charge on any atom is -0.507 e. The van der Waals surface area contributed by atoms with E-state index >= 15 is 0 Å². The molecule has 1 aromatic heterocycles. The predicted molar refractivity (Wildman–Crippen MR) is 132 cm³/mol. The van der Waals surface area contributed by atoms with Gasteiger partial charge in [0.1, 0.15) is 11.3 Å². The Morgan fingerprint density at radius 3 is 2.41 bits per heavy atom. The van der Waals surface area contributed by atoms with Crippen LogP contribution in [0.5, 0.6) is 5.75 Å². The summed E-state index contributed by atoms with van der Waals surface area (Å²) < 4.78 is 5.76. The third-order valence-corrected chi connectivity index (χ3v) is 7.18. The number of fused-ring (bicyclic) bond motifs is 1. The van der Waals surface area contributed by atoms with Crippen molar-refractivity contribution < 1.29 is 9.52 Å². The first-order valence-corrected chi connectivity index (χ1v) is 12.0. The van der Waals surface area contributed by atoms with Crippen molar-refractivity contribution in [2.45, 2.75) is 70.1 Å². The molecule has 0 saturated heterocycles. The lowest BCUT2D eigenvalue weighted by Crippen LogP contribution is -2.29. The molecule has 0 radical (unpaired) electrons. The number of unbranched alkanes of at least 4 members (excludes halogenated alkanes) is 1. The lowest BCUT2D eigenvalue weighted by Gasteiger charge is -2.38. The van der Waals surface area contributed by atoms with Gasteiger partial charge < -0.3 is 14.4 Å². The van der Waals surface area contributed by atoms with E-state index < -0.39 is 0 Å². The number of phenols is 1. The number of hydrogen-bond donors (Lipinski definition) is 1. The lowest BCUT2D eigenvalue weighted by molar-refractivity contribution is 0.266. The largest absolute Gasteiger partial charge is 0.507 e. The summed E-state index contributed by atoms with van der Waals surface area (Å²) in [5.41, 5.74) is 4.12. The molecule has 0 spiro atoms. The minimum atomic E-state index is -0.322. The van der Waals surface area contributed by atoms with E-state index in [0.29, 0.717) is 23.0 Å². The van der Waals surface area contributed by atoms with Gasteiger partial charge in [-0.1, -0.05) is 51.2 Å². The average Bonchev–Trinajstić information content (AvgIpc) is 2.79. The molecule has 1 saturated carbocycles. The fraction of sp³-hybridized carbons (Fsp3) is 0.464. The lowest BCUT2D eigenvalue weighted by atomic mass is 9.66. The first kappa shape index (κ1) is 22.4. The van der Waals surface area contributed by atoms with Gasteiger partial charge in [-0.15, -0.1) is 0 Å². The number of anilines is 1. The second-order valence-electron chi connectivity index (χ2n) is 9.65. The van der Waals surface area contributed by atoms with E-state index in [4.69, 9.17) is 4.42 Å². The molecule has 4 nitrogen and oxygen atoms in total. The molecule has 4 rings (SSSR count). The Balaban J connectivity index is 1.69. The fourth-order valence-corrected chi connectivity index (χ4v) is 5.23. The minimum absolute atomic E-state index is 0.0886. The molecule has 32 heavy (non-hydrogen) atoms. The van der Waals surface area contributed by atoms with Crippen LogP contribution in [0.3, 0.4) is 0 Å². The van der Waals surface area contributed by atoms with Crippen LogP contribution in [0.1, 0.15) is 75.0 Å². The third kappa shape index (κ3) is 4.55. The summed E-state index contributed by atoms with van der Waals surface area (Å²) in [5, 5.41) is 11.6. The van der Waals surface area contributed by atoms with Gasteiger partial charge in [0, 0.05) is 31.8 Å². The van der Waals surface area contributed by atoms with Crippen molar-refractivity contribution in [3.05, 3.63) is 69.6 Å². The topological polar surface area (TPSA) is 53.7 Å². The van der Waals surface area contributed by atoms with Crippen LogP contribution in [0.4, 0.5) is 5.69 Å². The van der Waals surface area contributed by atoms with Crippen molar-refractivity contribution in [3.8, 4) is 5.75 Å². The fourth-order valence-electron chi connectivity index (χ4n) is 5.23. The average molecular weight is 434 g/mol. The smallest absolute Gasteiger partial charge is 0.339 e. The molecule has 1 fully saturated rings. The van der Waals surface area contributed by atoms with Crippen LogP contribution in [0.2, 0.25) is 0 Å². The molecule has 2 aromatic carbocycles. The van der Waals surface area contributed by atoms with Gasteiger partial charge in [0.15, 0.2) is 0 Å². The number of benzene rings is 2. The third-order valence-electron chi connectivity index (χ3n) is 7.18. The molecule has 1 N–H and O–H groups in total. The monoisotopic (exact) mass is 433 g/mol. The Morgan fingerprint density at radius 1 is 1.03 bits per heavy atom. The maximum absolute atomic E-state index is 12.8. The molecular weight excluding hydrogens is 398 g/mol. The highest BCUT2D eigenvalue weighted by Crippen LogP contribution is 2.45. The number of rotatable bonds is 7. The van der Waals surface area contributed by atoms with Gasteiger partial charge in [-0.05, 0) is 66.1 Å². The van der Waals surface area contributed by atoms with E-state index in [1.54, 1.807) is 6.07 Å². The van der Waals surface area contributed by atoms with Gasteiger partial charge >= 0.3 is 5.63 Å². The van der Waals surface area contributed by atoms with Crippen LogP contribution >= 0.6 is 0 Å². The molecule has 4 heteroatoms. The summed E-state index contributed by atoms with van der Waals surface area (Å²) in [6.45, 7) is 2.23. The molecule has 170 valence electrons. The number of phenolic OH excluding ortho intramolecular Hbond substituents is 1. The predicted octanol–water partition coefficient (Wildman–Crippen LogP) is 6.55. The summed E-state index contributed by atoms with van der Waals surface area (Å²) in [5.74, 6) is 0.215. The van der Waals surface area contributed by atoms with Crippen LogP contribution in [-0.2, 0) is 11.8 Å². The maximum atomic E-state index is 12.8. The number of aromatic hydroxyl groups is 1. The van der Waals surface area contributed by atoms with Crippen molar-refractivity contribution in [2.75, 3.05) is 19.0 Å². The highest BCUT2D eigenvalue weighted by atomic mass is 16.4.